The molecule has 4 rings (SSSR count). The second-order valence-corrected chi connectivity index (χ2v) is 8.40. The molecule has 0 N–H and O–H groups in total. The minimum Gasteiger partial charge on any atom is -0.348 e. The molecule has 31 heavy (non-hydrogen) atoms. The maximum Gasteiger partial charge on any atom is 0.294 e. The van der Waals surface area contributed by atoms with Gasteiger partial charge < -0.3 is 14.4 Å². The average Bonchev–Trinajstić information content (AvgIpc) is 2.77. The van der Waals surface area contributed by atoms with Gasteiger partial charge in [-0.05, 0) is 35.7 Å². The molecule has 1 amide bonds. The number of carbonyl (C=O) groups is 1. The van der Waals surface area contributed by atoms with Gasteiger partial charge in [-0.3, -0.25) is 9.59 Å². The molecule has 2 aromatic carbocycles. The Balaban J connectivity index is 1.50. The van der Waals surface area contributed by atoms with Gasteiger partial charge in [-0.25, -0.2) is 9.37 Å². The van der Waals surface area contributed by atoms with Gasteiger partial charge in [0.1, 0.15) is 5.82 Å². The summed E-state index contributed by atoms with van der Waals surface area (Å²) < 4.78 is 14.9. The van der Waals surface area contributed by atoms with E-state index in [1.54, 1.807) is 17.0 Å². The molecule has 162 valence electrons. The summed E-state index contributed by atoms with van der Waals surface area (Å²) in [4.78, 5) is 34.3. The molecule has 7 heteroatoms. The molecular formula is C24H27FN4O2. The minimum absolute atomic E-state index is 0.00921. The quantitative estimate of drug-likeness (QED) is 0.634. The van der Waals surface area contributed by atoms with Crippen LogP contribution in [0, 0.1) is 11.7 Å². The summed E-state index contributed by atoms with van der Waals surface area (Å²) in [5, 5.41) is 0. The highest BCUT2D eigenvalue weighted by Gasteiger charge is 2.25. The Hall–Kier alpha value is -3.22. The van der Waals surface area contributed by atoms with E-state index in [4.69, 9.17) is 0 Å². The molecule has 0 spiro atoms. The minimum atomic E-state index is -0.309. The van der Waals surface area contributed by atoms with E-state index in [2.05, 4.69) is 18.8 Å². The maximum atomic E-state index is 13.2. The lowest BCUT2D eigenvalue weighted by Crippen LogP contribution is -2.51. The number of piperazine rings is 1. The number of para-hydroxylation sites is 2. The largest absolute Gasteiger partial charge is 0.348 e. The van der Waals surface area contributed by atoms with Crippen molar-refractivity contribution in [3.8, 4) is 0 Å². The summed E-state index contributed by atoms with van der Waals surface area (Å²) in [7, 11) is 0. The zero-order valence-electron chi connectivity index (χ0n) is 17.9. The first kappa shape index (κ1) is 21.0. The number of benzene rings is 2. The summed E-state index contributed by atoms with van der Waals surface area (Å²) in [6.45, 7) is 6.97. The van der Waals surface area contributed by atoms with E-state index in [-0.39, 0.29) is 23.7 Å². The van der Waals surface area contributed by atoms with Crippen LogP contribution in [0.2, 0.25) is 0 Å². The number of fused-ring (bicyclic) bond motifs is 1. The fourth-order valence-electron chi connectivity index (χ4n) is 3.99. The van der Waals surface area contributed by atoms with E-state index in [1.807, 2.05) is 33.7 Å². The zero-order valence-corrected chi connectivity index (χ0v) is 17.9. The van der Waals surface area contributed by atoms with E-state index in [0.717, 1.165) is 16.6 Å². The lowest BCUT2D eigenvalue weighted by Gasteiger charge is -2.35. The first-order valence-electron chi connectivity index (χ1n) is 10.7. The Morgan fingerprint density at radius 3 is 2.39 bits per heavy atom. The molecule has 0 saturated carbocycles. The molecule has 2 heterocycles. The second-order valence-electron chi connectivity index (χ2n) is 8.40. The number of hydrogen-bond acceptors (Lipinski definition) is 4. The van der Waals surface area contributed by atoms with E-state index >= 15 is 0 Å². The molecular weight excluding hydrogens is 395 g/mol. The lowest BCUT2D eigenvalue weighted by atomic mass is 10.1. The molecule has 3 aromatic rings. The molecule has 1 aliphatic rings. The van der Waals surface area contributed by atoms with Crippen LogP contribution in [0.1, 0.15) is 19.4 Å². The van der Waals surface area contributed by atoms with Gasteiger partial charge in [-0.2, -0.15) is 0 Å². The highest BCUT2D eigenvalue weighted by Crippen LogP contribution is 2.17. The van der Waals surface area contributed by atoms with Crippen LogP contribution in [-0.2, 0) is 17.8 Å². The van der Waals surface area contributed by atoms with Crippen molar-refractivity contribution in [3.05, 3.63) is 70.3 Å². The lowest BCUT2D eigenvalue weighted by molar-refractivity contribution is -0.130. The summed E-state index contributed by atoms with van der Waals surface area (Å²) in [6.07, 6.45) is 0.246. The van der Waals surface area contributed by atoms with Crippen molar-refractivity contribution in [2.24, 2.45) is 5.92 Å². The third-order valence-corrected chi connectivity index (χ3v) is 5.58. The van der Waals surface area contributed by atoms with Crippen molar-refractivity contribution in [2.75, 3.05) is 31.1 Å². The van der Waals surface area contributed by atoms with Crippen molar-refractivity contribution in [1.82, 2.24) is 14.5 Å². The van der Waals surface area contributed by atoms with E-state index in [9.17, 15) is 14.0 Å². The first-order chi connectivity index (χ1) is 14.9. The third-order valence-electron chi connectivity index (χ3n) is 5.58. The summed E-state index contributed by atoms with van der Waals surface area (Å²) in [5.41, 5.74) is 2.35. The highest BCUT2D eigenvalue weighted by atomic mass is 19.1. The number of nitrogens with zero attached hydrogens (tertiary/aromatic N) is 4. The molecule has 0 unspecified atom stereocenters. The number of aromatic nitrogens is 2. The zero-order chi connectivity index (χ0) is 22.0. The molecule has 0 radical (unpaired) electrons. The Labute approximate surface area is 180 Å². The molecule has 1 aliphatic heterocycles. The van der Waals surface area contributed by atoms with Crippen LogP contribution >= 0.6 is 0 Å². The average molecular weight is 423 g/mol. The van der Waals surface area contributed by atoms with Gasteiger partial charge in [0.25, 0.3) is 5.56 Å². The van der Waals surface area contributed by atoms with Crippen molar-refractivity contribution in [2.45, 2.75) is 26.8 Å². The van der Waals surface area contributed by atoms with Crippen LogP contribution in [0.3, 0.4) is 0 Å². The number of halogens is 1. The predicted octanol–water partition coefficient (Wildman–Crippen LogP) is 3.08. The van der Waals surface area contributed by atoms with Gasteiger partial charge in [0.05, 0.1) is 17.5 Å². The Bertz CT molecular complexity index is 1130. The van der Waals surface area contributed by atoms with E-state index in [1.165, 1.54) is 12.1 Å². The molecule has 1 fully saturated rings. The van der Waals surface area contributed by atoms with Crippen LogP contribution in [0.25, 0.3) is 11.0 Å². The molecule has 6 nitrogen and oxygen atoms in total. The first-order valence-corrected chi connectivity index (χ1v) is 10.7. The Kier molecular flexibility index (Phi) is 6.02. The van der Waals surface area contributed by atoms with Crippen LogP contribution in [0.15, 0.2) is 53.3 Å². The van der Waals surface area contributed by atoms with E-state index < -0.39 is 0 Å². The number of amides is 1. The van der Waals surface area contributed by atoms with Gasteiger partial charge >= 0.3 is 0 Å². The predicted molar refractivity (Wildman–Crippen MR) is 120 cm³/mol. The van der Waals surface area contributed by atoms with Crippen molar-refractivity contribution in [1.29, 1.82) is 0 Å². The fourth-order valence-corrected chi connectivity index (χ4v) is 3.99. The van der Waals surface area contributed by atoms with Gasteiger partial charge in [0.2, 0.25) is 5.91 Å². The monoisotopic (exact) mass is 422 g/mol. The smallest absolute Gasteiger partial charge is 0.294 e. The van der Waals surface area contributed by atoms with Crippen molar-refractivity contribution < 1.29 is 9.18 Å². The summed E-state index contributed by atoms with van der Waals surface area (Å²) >= 11 is 0. The topological polar surface area (TPSA) is 58.4 Å². The van der Waals surface area contributed by atoms with E-state index in [0.29, 0.717) is 44.5 Å². The molecule has 0 aliphatic carbocycles. The van der Waals surface area contributed by atoms with Crippen LogP contribution in [-0.4, -0.2) is 46.5 Å². The van der Waals surface area contributed by atoms with Gasteiger partial charge in [-0.15, -0.1) is 0 Å². The molecule has 1 saturated heterocycles. The molecule has 1 aromatic heterocycles. The fraction of sp³-hybridized carbons (Fsp3) is 0.375. The number of hydrogen-bond donors (Lipinski definition) is 0. The number of anilines is 1. The second kappa shape index (κ2) is 8.88. The van der Waals surface area contributed by atoms with Crippen LogP contribution in [0.4, 0.5) is 10.2 Å². The van der Waals surface area contributed by atoms with Gasteiger partial charge in [0.15, 0.2) is 5.82 Å². The van der Waals surface area contributed by atoms with Crippen molar-refractivity contribution in [3.63, 3.8) is 0 Å². The van der Waals surface area contributed by atoms with Crippen molar-refractivity contribution >= 4 is 22.8 Å². The summed E-state index contributed by atoms with van der Waals surface area (Å²) in [5.74, 6) is 0.480. The number of rotatable bonds is 5. The standard InChI is InChI=1S/C24H27FN4O2/c1-17(2)16-29-21-6-4-3-5-20(21)26-23(24(29)31)28-13-11-27(12-14-28)22(30)15-18-7-9-19(25)10-8-18/h3-10,17H,11-16H2,1-2H3. The Morgan fingerprint density at radius 1 is 1.03 bits per heavy atom. The van der Waals surface area contributed by atoms with Gasteiger partial charge in [0, 0.05) is 32.7 Å². The Morgan fingerprint density at radius 2 is 1.71 bits per heavy atom. The normalized spacial score (nSPS) is 14.5. The third kappa shape index (κ3) is 4.60. The van der Waals surface area contributed by atoms with Crippen LogP contribution < -0.4 is 10.5 Å². The SMILES string of the molecule is CC(C)Cn1c(=O)c(N2CCN(C(=O)Cc3ccc(F)cc3)CC2)nc2ccccc21. The number of carbonyl (C=O) groups excluding carboxylic acids is 1. The maximum absolute atomic E-state index is 13.2. The molecule has 0 atom stereocenters. The highest BCUT2D eigenvalue weighted by molar-refractivity contribution is 5.79. The molecule has 0 bridgehead atoms. The van der Waals surface area contributed by atoms with Gasteiger partial charge in [-0.1, -0.05) is 38.1 Å². The van der Waals surface area contributed by atoms with Crippen LogP contribution in [0.5, 0.6) is 0 Å². The summed E-state index contributed by atoms with van der Waals surface area (Å²) in [6, 6.07) is 13.7.